The number of para-hydroxylation sites is 1. The molecule has 8 heteroatoms. The van der Waals surface area contributed by atoms with Gasteiger partial charge in [-0.1, -0.05) is 24.3 Å². The average Bonchev–Trinajstić information content (AvgIpc) is 2.82. The van der Waals surface area contributed by atoms with Gasteiger partial charge in [-0.05, 0) is 42.0 Å². The van der Waals surface area contributed by atoms with Crippen molar-refractivity contribution in [3.63, 3.8) is 0 Å². The van der Waals surface area contributed by atoms with E-state index in [4.69, 9.17) is 18.9 Å². The molecule has 0 bridgehead atoms. The number of rotatable bonds is 9. The first-order chi connectivity index (χ1) is 15.5. The largest absolute Gasteiger partial charge is 0.493 e. The second kappa shape index (κ2) is 10.8. The zero-order chi connectivity index (χ0) is 22.9. The molecule has 0 saturated carbocycles. The summed E-state index contributed by atoms with van der Waals surface area (Å²) in [6, 6.07) is 17.2. The van der Waals surface area contributed by atoms with Crippen molar-refractivity contribution >= 4 is 17.6 Å². The van der Waals surface area contributed by atoms with Gasteiger partial charge in [-0.2, -0.15) is 0 Å². The lowest BCUT2D eigenvalue weighted by atomic mass is 10.2. The van der Waals surface area contributed by atoms with Crippen LogP contribution in [0.25, 0.3) is 0 Å². The van der Waals surface area contributed by atoms with Crippen molar-refractivity contribution in [3.8, 4) is 17.2 Å². The van der Waals surface area contributed by atoms with Crippen LogP contribution in [0.2, 0.25) is 0 Å². The summed E-state index contributed by atoms with van der Waals surface area (Å²) in [6.07, 6.45) is 0. The SMILES string of the molecule is COc1ccc(NC(=O)COC(=O)c2ccccc2OCc2ccc(F)cc2)cc1OC. The fourth-order valence-electron chi connectivity index (χ4n) is 2.82. The van der Waals surface area contributed by atoms with Gasteiger partial charge in [-0.3, -0.25) is 4.79 Å². The van der Waals surface area contributed by atoms with Crippen LogP contribution in [0.4, 0.5) is 10.1 Å². The first kappa shape index (κ1) is 22.6. The number of benzene rings is 3. The topological polar surface area (TPSA) is 83.1 Å². The minimum absolute atomic E-state index is 0.143. The third-order valence-corrected chi connectivity index (χ3v) is 4.42. The van der Waals surface area contributed by atoms with Crippen LogP contribution in [0.15, 0.2) is 66.7 Å². The number of hydrogen-bond acceptors (Lipinski definition) is 6. The summed E-state index contributed by atoms with van der Waals surface area (Å²) in [6.45, 7) is -0.343. The monoisotopic (exact) mass is 439 g/mol. The summed E-state index contributed by atoms with van der Waals surface area (Å²) >= 11 is 0. The maximum atomic E-state index is 13.0. The van der Waals surface area contributed by atoms with Crippen molar-refractivity contribution < 1.29 is 32.9 Å². The summed E-state index contributed by atoms with van der Waals surface area (Å²) in [7, 11) is 3.00. The summed E-state index contributed by atoms with van der Waals surface area (Å²) in [5.41, 5.74) is 1.38. The number of carbonyl (C=O) groups excluding carboxylic acids is 2. The number of anilines is 1. The minimum Gasteiger partial charge on any atom is -0.493 e. The van der Waals surface area contributed by atoms with Gasteiger partial charge in [0.25, 0.3) is 5.91 Å². The molecule has 166 valence electrons. The van der Waals surface area contributed by atoms with Gasteiger partial charge in [0, 0.05) is 11.8 Å². The van der Waals surface area contributed by atoms with E-state index in [-0.39, 0.29) is 18.0 Å². The van der Waals surface area contributed by atoms with Crippen LogP contribution in [0, 0.1) is 5.82 Å². The van der Waals surface area contributed by atoms with Crippen molar-refractivity contribution in [2.75, 3.05) is 26.1 Å². The highest BCUT2D eigenvalue weighted by Crippen LogP contribution is 2.29. The first-order valence-electron chi connectivity index (χ1n) is 9.65. The Morgan fingerprint density at radius 3 is 2.31 bits per heavy atom. The van der Waals surface area contributed by atoms with E-state index in [1.165, 1.54) is 32.4 Å². The average molecular weight is 439 g/mol. The predicted molar refractivity (Wildman–Crippen MR) is 116 cm³/mol. The Balaban J connectivity index is 1.57. The Labute approximate surface area is 184 Å². The molecule has 7 nitrogen and oxygen atoms in total. The number of hydrogen-bond donors (Lipinski definition) is 1. The van der Waals surface area contributed by atoms with E-state index in [0.717, 1.165) is 5.56 Å². The van der Waals surface area contributed by atoms with Crippen molar-refractivity contribution in [2.24, 2.45) is 0 Å². The predicted octanol–water partition coefficient (Wildman–Crippen LogP) is 4.22. The molecule has 0 aromatic heterocycles. The lowest BCUT2D eigenvalue weighted by Crippen LogP contribution is -2.21. The lowest BCUT2D eigenvalue weighted by molar-refractivity contribution is -0.119. The molecule has 0 aliphatic rings. The molecule has 0 fully saturated rings. The van der Waals surface area contributed by atoms with E-state index in [9.17, 15) is 14.0 Å². The van der Waals surface area contributed by atoms with Crippen LogP contribution >= 0.6 is 0 Å². The number of halogens is 1. The third-order valence-electron chi connectivity index (χ3n) is 4.42. The molecule has 3 rings (SSSR count). The fourth-order valence-corrected chi connectivity index (χ4v) is 2.82. The summed E-state index contributed by atoms with van der Waals surface area (Å²) < 4.78 is 34.2. The van der Waals surface area contributed by atoms with E-state index >= 15 is 0 Å². The van der Waals surface area contributed by atoms with Gasteiger partial charge in [0.05, 0.1) is 14.2 Å². The summed E-state index contributed by atoms with van der Waals surface area (Å²) in [4.78, 5) is 24.7. The summed E-state index contributed by atoms with van der Waals surface area (Å²) in [5, 5.41) is 2.63. The van der Waals surface area contributed by atoms with Crippen LogP contribution in [-0.2, 0) is 16.1 Å². The van der Waals surface area contributed by atoms with Crippen LogP contribution < -0.4 is 19.5 Å². The van der Waals surface area contributed by atoms with E-state index in [2.05, 4.69) is 5.32 Å². The number of ether oxygens (including phenoxy) is 4. The zero-order valence-electron chi connectivity index (χ0n) is 17.6. The molecule has 3 aromatic carbocycles. The van der Waals surface area contributed by atoms with E-state index in [1.807, 2.05) is 0 Å². The normalized spacial score (nSPS) is 10.2. The van der Waals surface area contributed by atoms with Gasteiger partial charge < -0.3 is 24.3 Å². The quantitative estimate of drug-likeness (QED) is 0.503. The highest BCUT2D eigenvalue weighted by Gasteiger charge is 2.16. The molecular formula is C24H22FNO6. The molecule has 0 aliphatic heterocycles. The molecule has 0 unspecified atom stereocenters. The number of amides is 1. The Hall–Kier alpha value is -4.07. The Bertz CT molecular complexity index is 1080. The number of nitrogens with one attached hydrogen (secondary N) is 1. The smallest absolute Gasteiger partial charge is 0.342 e. The van der Waals surface area contributed by atoms with Gasteiger partial charge in [0.2, 0.25) is 0 Å². The lowest BCUT2D eigenvalue weighted by Gasteiger charge is -2.12. The second-order valence-electron chi connectivity index (χ2n) is 6.61. The van der Waals surface area contributed by atoms with E-state index in [0.29, 0.717) is 22.9 Å². The molecule has 32 heavy (non-hydrogen) atoms. The van der Waals surface area contributed by atoms with Gasteiger partial charge >= 0.3 is 5.97 Å². The molecule has 1 N–H and O–H groups in total. The highest BCUT2D eigenvalue weighted by atomic mass is 19.1. The van der Waals surface area contributed by atoms with Gasteiger partial charge in [-0.25, -0.2) is 9.18 Å². The standard InChI is InChI=1S/C24H22FNO6/c1-29-21-12-11-18(13-22(21)30-2)26-23(27)15-32-24(28)19-5-3-4-6-20(19)31-14-16-7-9-17(25)10-8-16/h3-13H,14-15H2,1-2H3,(H,26,27). The third kappa shape index (κ3) is 5.98. The van der Waals surface area contributed by atoms with Crippen molar-refractivity contribution in [2.45, 2.75) is 6.61 Å². The molecular weight excluding hydrogens is 417 g/mol. The Morgan fingerprint density at radius 2 is 1.59 bits per heavy atom. The van der Waals surface area contributed by atoms with Crippen molar-refractivity contribution in [1.82, 2.24) is 0 Å². The Kier molecular flexibility index (Phi) is 7.64. The number of esters is 1. The molecule has 0 aliphatic carbocycles. The van der Waals surface area contributed by atoms with Crippen LogP contribution in [0.1, 0.15) is 15.9 Å². The van der Waals surface area contributed by atoms with Gasteiger partial charge in [-0.15, -0.1) is 0 Å². The van der Waals surface area contributed by atoms with Crippen molar-refractivity contribution in [3.05, 3.63) is 83.7 Å². The first-order valence-corrected chi connectivity index (χ1v) is 9.65. The van der Waals surface area contributed by atoms with Crippen molar-refractivity contribution in [1.29, 1.82) is 0 Å². The maximum absolute atomic E-state index is 13.0. The second-order valence-corrected chi connectivity index (χ2v) is 6.61. The summed E-state index contributed by atoms with van der Waals surface area (Å²) in [5.74, 6) is -0.299. The molecule has 1 amide bonds. The molecule has 0 radical (unpaired) electrons. The van der Waals surface area contributed by atoms with E-state index < -0.39 is 18.5 Å². The van der Waals surface area contributed by atoms with Gasteiger partial charge in [0.15, 0.2) is 18.1 Å². The molecule has 0 heterocycles. The van der Waals surface area contributed by atoms with Crippen LogP contribution in [-0.4, -0.2) is 32.7 Å². The molecule has 3 aromatic rings. The molecule has 0 atom stereocenters. The van der Waals surface area contributed by atoms with Crippen LogP contribution in [0.3, 0.4) is 0 Å². The fraction of sp³-hybridized carbons (Fsp3) is 0.167. The molecule has 0 spiro atoms. The Morgan fingerprint density at radius 1 is 0.875 bits per heavy atom. The van der Waals surface area contributed by atoms with E-state index in [1.54, 1.807) is 48.5 Å². The number of methoxy groups -OCH3 is 2. The zero-order valence-corrected chi connectivity index (χ0v) is 17.6. The molecule has 0 saturated heterocycles. The number of carbonyl (C=O) groups is 2. The maximum Gasteiger partial charge on any atom is 0.342 e. The van der Waals surface area contributed by atoms with Gasteiger partial charge in [0.1, 0.15) is 23.7 Å². The highest BCUT2D eigenvalue weighted by molar-refractivity contribution is 5.96. The van der Waals surface area contributed by atoms with Crippen LogP contribution in [0.5, 0.6) is 17.2 Å². The minimum atomic E-state index is -0.706.